The van der Waals surface area contributed by atoms with Crippen molar-refractivity contribution in [3.05, 3.63) is 42.7 Å². The van der Waals surface area contributed by atoms with E-state index in [4.69, 9.17) is 0 Å². The second-order valence-corrected chi connectivity index (χ2v) is 5.57. The molecule has 0 bridgehead atoms. The van der Waals surface area contributed by atoms with Crippen LogP contribution in [0.5, 0.6) is 0 Å². The molecule has 1 aromatic carbocycles. The number of aliphatic carboxylic acids is 1. The maximum Gasteiger partial charge on any atom is 0.326 e. The van der Waals surface area contributed by atoms with Gasteiger partial charge in [0.15, 0.2) is 0 Å². The standard InChI is InChI=1S/C16H17N5O2/c1-10(2)14(15(22)23)20-13-8-12(11-6-4-3-5-7-11)19-16-17-9-18-21(13)16/h3-10,14,20H,1-2H3,(H,22,23)/t14-/m1/s1. The lowest BCUT2D eigenvalue weighted by Crippen LogP contribution is -2.35. The lowest BCUT2D eigenvalue weighted by molar-refractivity contribution is -0.138. The molecule has 2 heterocycles. The van der Waals surface area contributed by atoms with Crippen molar-refractivity contribution in [2.45, 2.75) is 19.9 Å². The van der Waals surface area contributed by atoms with Crippen molar-refractivity contribution in [3.8, 4) is 11.3 Å². The summed E-state index contributed by atoms with van der Waals surface area (Å²) in [6.07, 6.45) is 1.40. The van der Waals surface area contributed by atoms with Crippen molar-refractivity contribution in [1.29, 1.82) is 0 Å². The van der Waals surface area contributed by atoms with Crippen LogP contribution in [-0.4, -0.2) is 36.7 Å². The van der Waals surface area contributed by atoms with E-state index in [-0.39, 0.29) is 5.92 Å². The summed E-state index contributed by atoms with van der Waals surface area (Å²) in [4.78, 5) is 20.0. The van der Waals surface area contributed by atoms with Gasteiger partial charge in [-0.1, -0.05) is 44.2 Å². The van der Waals surface area contributed by atoms with Crippen molar-refractivity contribution in [3.63, 3.8) is 0 Å². The molecule has 3 aromatic rings. The highest BCUT2D eigenvalue weighted by atomic mass is 16.4. The molecule has 0 spiro atoms. The molecular formula is C16H17N5O2. The Bertz CT molecular complexity index is 829. The average Bonchev–Trinajstić information content (AvgIpc) is 3.01. The molecule has 7 nitrogen and oxygen atoms in total. The summed E-state index contributed by atoms with van der Waals surface area (Å²) in [6.45, 7) is 3.70. The fourth-order valence-corrected chi connectivity index (χ4v) is 2.34. The summed E-state index contributed by atoms with van der Waals surface area (Å²) in [5, 5.41) is 16.5. The monoisotopic (exact) mass is 311 g/mol. The molecule has 0 saturated carbocycles. The van der Waals surface area contributed by atoms with Crippen LogP contribution in [-0.2, 0) is 4.79 Å². The molecule has 0 amide bonds. The predicted molar refractivity (Wildman–Crippen MR) is 86.1 cm³/mol. The molecular weight excluding hydrogens is 294 g/mol. The second-order valence-electron chi connectivity index (χ2n) is 5.57. The fraction of sp³-hybridized carbons (Fsp3) is 0.250. The number of fused-ring (bicyclic) bond motifs is 1. The number of nitrogens with zero attached hydrogens (tertiary/aromatic N) is 4. The number of aromatic nitrogens is 4. The molecule has 3 rings (SSSR count). The Hall–Kier alpha value is -2.96. The molecule has 0 fully saturated rings. The minimum Gasteiger partial charge on any atom is -0.480 e. The summed E-state index contributed by atoms with van der Waals surface area (Å²) < 4.78 is 1.50. The van der Waals surface area contributed by atoms with Gasteiger partial charge in [-0.3, -0.25) is 0 Å². The molecule has 0 unspecified atom stereocenters. The molecule has 0 aliphatic heterocycles. The summed E-state index contributed by atoms with van der Waals surface area (Å²) >= 11 is 0. The number of carbonyl (C=O) groups is 1. The van der Waals surface area contributed by atoms with Crippen LogP contribution in [0, 0.1) is 5.92 Å². The van der Waals surface area contributed by atoms with E-state index in [0.29, 0.717) is 17.3 Å². The molecule has 0 aliphatic carbocycles. The van der Waals surface area contributed by atoms with Crippen LogP contribution in [0.25, 0.3) is 17.0 Å². The fourth-order valence-electron chi connectivity index (χ4n) is 2.34. The average molecular weight is 311 g/mol. The molecule has 0 saturated heterocycles. The Morgan fingerprint density at radius 1 is 1.26 bits per heavy atom. The lowest BCUT2D eigenvalue weighted by atomic mass is 10.0. The normalized spacial score (nSPS) is 12.5. The van der Waals surface area contributed by atoms with E-state index in [0.717, 1.165) is 5.56 Å². The summed E-state index contributed by atoms with van der Waals surface area (Å²) in [6, 6.07) is 10.7. The van der Waals surface area contributed by atoms with Gasteiger partial charge in [0.2, 0.25) is 0 Å². The topological polar surface area (TPSA) is 92.4 Å². The molecule has 0 radical (unpaired) electrons. The van der Waals surface area contributed by atoms with Gasteiger partial charge in [0.1, 0.15) is 18.2 Å². The SMILES string of the molecule is CC(C)[C@@H](Nc1cc(-c2ccccc2)nc2ncnn12)C(=O)O. The number of benzene rings is 1. The molecule has 2 aromatic heterocycles. The highest BCUT2D eigenvalue weighted by Gasteiger charge is 2.23. The van der Waals surface area contributed by atoms with E-state index in [1.54, 1.807) is 6.07 Å². The van der Waals surface area contributed by atoms with Crippen LogP contribution in [0.2, 0.25) is 0 Å². The van der Waals surface area contributed by atoms with E-state index < -0.39 is 12.0 Å². The number of carboxylic acid groups (broad SMARTS) is 1. The summed E-state index contributed by atoms with van der Waals surface area (Å²) in [7, 11) is 0. The molecule has 23 heavy (non-hydrogen) atoms. The van der Waals surface area contributed by atoms with Crippen LogP contribution in [0.4, 0.5) is 5.82 Å². The van der Waals surface area contributed by atoms with Gasteiger partial charge >= 0.3 is 5.97 Å². The molecule has 118 valence electrons. The molecule has 1 atom stereocenters. The smallest absolute Gasteiger partial charge is 0.326 e. The van der Waals surface area contributed by atoms with Crippen LogP contribution < -0.4 is 5.32 Å². The van der Waals surface area contributed by atoms with E-state index in [1.165, 1.54) is 10.8 Å². The number of nitrogens with one attached hydrogen (secondary N) is 1. The first-order chi connectivity index (χ1) is 11.1. The third-order valence-corrected chi connectivity index (χ3v) is 3.56. The Morgan fingerprint density at radius 2 is 2.00 bits per heavy atom. The summed E-state index contributed by atoms with van der Waals surface area (Å²) in [5.74, 6) is -0.0278. The second kappa shape index (κ2) is 6.04. The van der Waals surface area contributed by atoms with Gasteiger partial charge in [-0.2, -0.15) is 14.6 Å². The Morgan fingerprint density at radius 3 is 2.65 bits per heavy atom. The van der Waals surface area contributed by atoms with E-state index >= 15 is 0 Å². The summed E-state index contributed by atoms with van der Waals surface area (Å²) in [5.41, 5.74) is 1.64. The molecule has 7 heteroatoms. The Labute approximate surface area is 133 Å². The Balaban J connectivity index is 2.08. The first kappa shape index (κ1) is 15.0. The zero-order chi connectivity index (χ0) is 16.4. The quantitative estimate of drug-likeness (QED) is 0.751. The van der Waals surface area contributed by atoms with Gasteiger partial charge in [-0.25, -0.2) is 9.78 Å². The van der Waals surface area contributed by atoms with Crippen LogP contribution >= 0.6 is 0 Å². The van der Waals surface area contributed by atoms with Gasteiger partial charge in [-0.15, -0.1) is 0 Å². The highest BCUT2D eigenvalue weighted by Crippen LogP contribution is 2.22. The van der Waals surface area contributed by atoms with Gasteiger partial charge in [0.05, 0.1) is 5.69 Å². The van der Waals surface area contributed by atoms with Gasteiger partial charge in [0.25, 0.3) is 5.78 Å². The van der Waals surface area contributed by atoms with Crippen molar-refractivity contribution >= 4 is 17.6 Å². The zero-order valence-electron chi connectivity index (χ0n) is 12.8. The van der Waals surface area contributed by atoms with E-state index in [1.807, 2.05) is 44.2 Å². The molecule has 2 N–H and O–H groups in total. The first-order valence-electron chi connectivity index (χ1n) is 7.32. The zero-order valence-corrected chi connectivity index (χ0v) is 12.8. The lowest BCUT2D eigenvalue weighted by Gasteiger charge is -2.19. The minimum absolute atomic E-state index is 0.0839. The minimum atomic E-state index is -0.911. The van der Waals surface area contributed by atoms with E-state index in [9.17, 15) is 9.90 Å². The van der Waals surface area contributed by atoms with Crippen molar-refractivity contribution in [2.24, 2.45) is 5.92 Å². The van der Waals surface area contributed by atoms with Crippen LogP contribution in [0.15, 0.2) is 42.7 Å². The number of rotatable bonds is 5. The van der Waals surface area contributed by atoms with Crippen molar-refractivity contribution in [1.82, 2.24) is 19.6 Å². The van der Waals surface area contributed by atoms with Gasteiger partial charge < -0.3 is 10.4 Å². The van der Waals surface area contributed by atoms with Gasteiger partial charge in [0, 0.05) is 11.6 Å². The number of carboxylic acids is 1. The Kier molecular flexibility index (Phi) is 3.92. The van der Waals surface area contributed by atoms with E-state index in [2.05, 4.69) is 20.4 Å². The third-order valence-electron chi connectivity index (χ3n) is 3.56. The first-order valence-corrected chi connectivity index (χ1v) is 7.32. The maximum atomic E-state index is 11.5. The number of hydrogen-bond acceptors (Lipinski definition) is 5. The largest absolute Gasteiger partial charge is 0.480 e. The maximum absolute atomic E-state index is 11.5. The van der Waals surface area contributed by atoms with Crippen LogP contribution in [0.3, 0.4) is 0 Å². The van der Waals surface area contributed by atoms with Crippen LogP contribution in [0.1, 0.15) is 13.8 Å². The number of hydrogen-bond donors (Lipinski definition) is 2. The molecule has 0 aliphatic rings. The highest BCUT2D eigenvalue weighted by molar-refractivity contribution is 5.78. The number of anilines is 1. The van der Waals surface area contributed by atoms with Gasteiger partial charge in [-0.05, 0) is 5.92 Å². The van der Waals surface area contributed by atoms with Crippen molar-refractivity contribution < 1.29 is 9.90 Å². The predicted octanol–water partition coefficient (Wildman–Crippen LogP) is 2.31. The third kappa shape index (κ3) is 2.98. The van der Waals surface area contributed by atoms with Crippen molar-refractivity contribution in [2.75, 3.05) is 5.32 Å².